The Morgan fingerprint density at radius 3 is 1.51 bits per heavy atom. The molecular formula is C35H61N2+. The lowest BCUT2D eigenvalue weighted by Crippen LogP contribution is -2.37. The van der Waals surface area contributed by atoms with Crippen LogP contribution >= 0.6 is 0 Å². The maximum Gasteiger partial charge on any atom is 0.256 e. The van der Waals surface area contributed by atoms with E-state index in [0.29, 0.717) is 0 Å². The molecule has 0 bridgehead atoms. The largest absolute Gasteiger partial charge is 0.256 e. The molecule has 0 aliphatic heterocycles. The molecule has 0 aliphatic rings. The number of rotatable bonds is 25. The normalized spacial score (nSPS) is 11.4. The first-order chi connectivity index (χ1) is 18.3. The van der Waals surface area contributed by atoms with Crippen molar-refractivity contribution >= 4 is 0 Å². The molecule has 37 heavy (non-hydrogen) atoms. The summed E-state index contributed by atoms with van der Waals surface area (Å²) < 4.78 is 5.08. The molecule has 0 radical (unpaired) electrons. The first kappa shape index (κ1) is 31.6. The Balaban J connectivity index is 1.63. The van der Waals surface area contributed by atoms with E-state index >= 15 is 0 Å². The second-order valence-electron chi connectivity index (χ2n) is 11.5. The molecule has 0 spiro atoms. The number of hydrogen-bond donors (Lipinski definition) is 0. The van der Waals surface area contributed by atoms with Crippen LogP contribution in [0.25, 0.3) is 0 Å². The van der Waals surface area contributed by atoms with Gasteiger partial charge in [-0.1, -0.05) is 160 Å². The third-order valence-electron chi connectivity index (χ3n) is 8.04. The molecule has 0 amide bonds. The highest BCUT2D eigenvalue weighted by atomic mass is 15.1. The van der Waals surface area contributed by atoms with Crippen molar-refractivity contribution in [3.05, 3.63) is 54.1 Å². The lowest BCUT2D eigenvalue weighted by atomic mass is 10.0. The Morgan fingerprint density at radius 2 is 1.00 bits per heavy atom. The molecule has 2 aromatic rings. The molecule has 2 rings (SSSR count). The number of aromatic nitrogens is 2. The van der Waals surface area contributed by atoms with Crippen LogP contribution in [-0.4, -0.2) is 4.57 Å². The van der Waals surface area contributed by atoms with Crippen LogP contribution in [0.15, 0.2) is 42.7 Å². The number of hydrogen-bond acceptors (Lipinski definition) is 0. The van der Waals surface area contributed by atoms with Gasteiger partial charge in [0, 0.05) is 6.42 Å². The van der Waals surface area contributed by atoms with Crippen molar-refractivity contribution in [2.24, 2.45) is 0 Å². The van der Waals surface area contributed by atoms with E-state index in [1.54, 1.807) is 0 Å². The van der Waals surface area contributed by atoms with Crippen molar-refractivity contribution in [3.8, 4) is 0 Å². The van der Waals surface area contributed by atoms with Gasteiger partial charge in [-0.25, -0.2) is 9.13 Å². The maximum absolute atomic E-state index is 2.57. The molecule has 0 N–H and O–H groups in total. The summed E-state index contributed by atoms with van der Waals surface area (Å²) >= 11 is 0. The molecule has 0 saturated carbocycles. The summed E-state index contributed by atoms with van der Waals surface area (Å²) in [6, 6.07) is 11.0. The average Bonchev–Trinajstić information content (AvgIpc) is 3.29. The molecule has 2 heteroatoms. The van der Waals surface area contributed by atoms with Gasteiger partial charge in [0.15, 0.2) is 0 Å². The number of benzene rings is 1. The lowest BCUT2D eigenvalue weighted by Gasteiger charge is -2.07. The van der Waals surface area contributed by atoms with Crippen molar-refractivity contribution in [2.45, 2.75) is 168 Å². The minimum absolute atomic E-state index is 0.998. The van der Waals surface area contributed by atoms with Gasteiger partial charge in [0.25, 0.3) is 5.82 Å². The summed E-state index contributed by atoms with van der Waals surface area (Å²) in [5, 5.41) is 0. The fraction of sp³-hybridized carbons (Fsp3) is 0.743. The Kier molecular flexibility index (Phi) is 19.2. The van der Waals surface area contributed by atoms with E-state index in [4.69, 9.17) is 0 Å². The number of unbranched alkanes of at least 4 members (excludes halogenated alkanes) is 19. The van der Waals surface area contributed by atoms with Crippen LogP contribution < -0.4 is 4.57 Å². The van der Waals surface area contributed by atoms with Crippen LogP contribution in [-0.2, 0) is 19.5 Å². The van der Waals surface area contributed by atoms with Gasteiger partial charge in [-0.2, -0.15) is 0 Å². The minimum Gasteiger partial charge on any atom is -0.234 e. The first-order valence-corrected chi connectivity index (χ1v) is 16.5. The Morgan fingerprint density at radius 1 is 0.541 bits per heavy atom. The third kappa shape index (κ3) is 15.4. The van der Waals surface area contributed by atoms with Crippen LogP contribution in [0, 0.1) is 0 Å². The molecule has 0 fully saturated rings. The molecular weight excluding hydrogens is 448 g/mol. The van der Waals surface area contributed by atoms with Crippen molar-refractivity contribution in [2.75, 3.05) is 0 Å². The molecule has 0 atom stereocenters. The standard InChI is InChI=1S/C35H61N2/c1-3-5-7-9-11-12-13-14-15-16-17-19-21-26-30-36-31-32-37(33-34-27-23-22-24-28-34)35(36)29-25-20-18-10-8-6-4-2/h22-24,27-28,31-32H,3-21,25-26,29-30,33H2,1-2H3/q+1. The van der Waals surface area contributed by atoms with Crippen molar-refractivity contribution in [1.29, 1.82) is 0 Å². The molecule has 210 valence electrons. The third-order valence-corrected chi connectivity index (χ3v) is 8.04. The molecule has 2 nitrogen and oxygen atoms in total. The van der Waals surface area contributed by atoms with Crippen molar-refractivity contribution < 1.29 is 4.57 Å². The van der Waals surface area contributed by atoms with Gasteiger partial charge < -0.3 is 0 Å². The summed E-state index contributed by atoms with van der Waals surface area (Å²) in [6.45, 7) is 6.79. The maximum atomic E-state index is 2.57. The zero-order chi connectivity index (χ0) is 26.2. The summed E-state index contributed by atoms with van der Waals surface area (Å²) in [5.41, 5.74) is 1.41. The topological polar surface area (TPSA) is 8.81 Å². The number of aryl methyl sites for hydroxylation is 1. The van der Waals surface area contributed by atoms with E-state index < -0.39 is 0 Å². The summed E-state index contributed by atoms with van der Waals surface area (Å²) in [7, 11) is 0. The van der Waals surface area contributed by atoms with E-state index in [1.807, 2.05) is 0 Å². The van der Waals surface area contributed by atoms with Crippen LogP contribution in [0.3, 0.4) is 0 Å². The van der Waals surface area contributed by atoms with Crippen molar-refractivity contribution in [3.63, 3.8) is 0 Å². The predicted molar refractivity (Wildman–Crippen MR) is 162 cm³/mol. The number of imidazole rings is 1. The van der Waals surface area contributed by atoms with Gasteiger partial charge in [-0.15, -0.1) is 0 Å². The molecule has 0 aliphatic carbocycles. The van der Waals surface area contributed by atoms with Gasteiger partial charge in [0.2, 0.25) is 0 Å². The fourth-order valence-electron chi connectivity index (χ4n) is 5.63. The zero-order valence-corrected chi connectivity index (χ0v) is 24.9. The lowest BCUT2D eigenvalue weighted by molar-refractivity contribution is -0.695. The van der Waals surface area contributed by atoms with Crippen LogP contribution in [0.2, 0.25) is 0 Å². The second-order valence-corrected chi connectivity index (χ2v) is 11.5. The fourth-order valence-corrected chi connectivity index (χ4v) is 5.63. The van der Waals surface area contributed by atoms with E-state index in [2.05, 4.69) is 65.7 Å². The SMILES string of the molecule is CCCCCCCCCCCCCCCCn1cc[n+](Cc2ccccc2)c1CCCCCCCCC. The molecule has 0 saturated heterocycles. The second kappa shape index (κ2) is 22.4. The van der Waals surface area contributed by atoms with Crippen LogP contribution in [0.4, 0.5) is 0 Å². The highest BCUT2D eigenvalue weighted by Crippen LogP contribution is 2.14. The van der Waals surface area contributed by atoms with E-state index in [-0.39, 0.29) is 0 Å². The summed E-state index contributed by atoms with van der Waals surface area (Å²) in [6.07, 6.45) is 35.6. The molecule has 1 heterocycles. The Hall–Kier alpha value is -1.57. The average molecular weight is 510 g/mol. The minimum atomic E-state index is 0.998. The smallest absolute Gasteiger partial charge is 0.234 e. The van der Waals surface area contributed by atoms with Crippen LogP contribution in [0.5, 0.6) is 0 Å². The summed E-state index contributed by atoms with van der Waals surface area (Å²) in [5.74, 6) is 1.53. The zero-order valence-electron chi connectivity index (χ0n) is 24.9. The van der Waals surface area contributed by atoms with Gasteiger partial charge >= 0.3 is 0 Å². The molecule has 0 unspecified atom stereocenters. The highest BCUT2D eigenvalue weighted by molar-refractivity contribution is 5.13. The predicted octanol–water partition coefficient (Wildman–Crippen LogP) is 10.6. The molecule has 1 aromatic carbocycles. The number of nitrogens with zero attached hydrogens (tertiary/aromatic N) is 2. The first-order valence-electron chi connectivity index (χ1n) is 16.5. The monoisotopic (exact) mass is 509 g/mol. The van der Waals surface area contributed by atoms with Crippen molar-refractivity contribution in [1.82, 2.24) is 4.57 Å². The Bertz CT molecular complexity index is 748. The van der Waals surface area contributed by atoms with E-state index in [0.717, 1.165) is 6.54 Å². The summed E-state index contributed by atoms with van der Waals surface area (Å²) in [4.78, 5) is 0. The van der Waals surface area contributed by atoms with Gasteiger partial charge in [-0.05, 0) is 24.8 Å². The highest BCUT2D eigenvalue weighted by Gasteiger charge is 2.17. The van der Waals surface area contributed by atoms with Crippen LogP contribution in [0.1, 0.15) is 160 Å². The van der Waals surface area contributed by atoms with Gasteiger partial charge in [0.1, 0.15) is 18.9 Å². The van der Waals surface area contributed by atoms with E-state index in [1.165, 1.54) is 159 Å². The van der Waals surface area contributed by atoms with Gasteiger partial charge in [0.05, 0.1) is 6.54 Å². The quantitative estimate of drug-likeness (QED) is 0.0929. The Labute approximate surface area is 231 Å². The van der Waals surface area contributed by atoms with E-state index in [9.17, 15) is 0 Å². The van der Waals surface area contributed by atoms with Gasteiger partial charge in [-0.3, -0.25) is 0 Å². The molecule has 1 aromatic heterocycles.